The highest BCUT2D eigenvalue weighted by Gasteiger charge is 2.00. The minimum atomic E-state index is -0.359. The molecule has 1 aromatic rings. The van der Waals surface area contributed by atoms with Gasteiger partial charge in [-0.05, 0) is 24.3 Å². The van der Waals surface area contributed by atoms with Crippen LogP contribution in [0.2, 0.25) is 0 Å². The van der Waals surface area contributed by atoms with Gasteiger partial charge in [-0.25, -0.2) is 0 Å². The molecule has 0 heterocycles. The standard InChI is InChI=1S/C8H9NO3/c1-12-8-4-2-7(3-5-8)6-9(10)11/h2-5H,6H2,1H3. The van der Waals surface area contributed by atoms with Crippen molar-refractivity contribution in [2.75, 3.05) is 7.11 Å². The summed E-state index contributed by atoms with van der Waals surface area (Å²) in [6.45, 7) is -0.135. The maximum atomic E-state index is 10.1. The molecule has 0 spiro atoms. The van der Waals surface area contributed by atoms with E-state index >= 15 is 0 Å². The lowest BCUT2D eigenvalue weighted by Crippen LogP contribution is -1.97. The van der Waals surface area contributed by atoms with E-state index in [-0.39, 0.29) is 11.5 Å². The van der Waals surface area contributed by atoms with Crippen molar-refractivity contribution in [1.82, 2.24) is 0 Å². The monoisotopic (exact) mass is 167 g/mol. The van der Waals surface area contributed by atoms with Crippen molar-refractivity contribution in [1.29, 1.82) is 0 Å². The molecule has 0 aromatic heterocycles. The van der Waals surface area contributed by atoms with Crippen molar-refractivity contribution >= 4 is 0 Å². The SMILES string of the molecule is COc1ccc(C[N+](=O)[O-])cc1. The van der Waals surface area contributed by atoms with Crippen LogP contribution in [0.1, 0.15) is 5.56 Å². The average Bonchev–Trinajstić information content (AvgIpc) is 2.05. The molecular formula is C8H9NO3. The molecule has 0 radical (unpaired) electrons. The van der Waals surface area contributed by atoms with Gasteiger partial charge in [-0.3, -0.25) is 10.1 Å². The van der Waals surface area contributed by atoms with Crippen molar-refractivity contribution in [2.24, 2.45) is 0 Å². The van der Waals surface area contributed by atoms with Crippen LogP contribution in [-0.2, 0) is 6.54 Å². The molecular weight excluding hydrogens is 158 g/mol. The van der Waals surface area contributed by atoms with Gasteiger partial charge in [0.05, 0.1) is 7.11 Å². The Balaban J connectivity index is 2.71. The predicted molar refractivity (Wildman–Crippen MR) is 43.7 cm³/mol. The number of hydrogen-bond acceptors (Lipinski definition) is 3. The van der Waals surface area contributed by atoms with E-state index < -0.39 is 0 Å². The number of rotatable bonds is 3. The van der Waals surface area contributed by atoms with Crippen LogP contribution < -0.4 is 4.74 Å². The Morgan fingerprint density at radius 3 is 2.42 bits per heavy atom. The highest BCUT2D eigenvalue weighted by molar-refractivity contribution is 5.26. The first-order valence-corrected chi connectivity index (χ1v) is 3.47. The van der Waals surface area contributed by atoms with Crippen molar-refractivity contribution in [3.8, 4) is 5.75 Å². The number of nitrogens with zero attached hydrogens (tertiary/aromatic N) is 1. The molecule has 0 bridgehead atoms. The summed E-state index contributed by atoms with van der Waals surface area (Å²) in [4.78, 5) is 9.74. The van der Waals surface area contributed by atoms with Crippen LogP contribution in [0.5, 0.6) is 5.75 Å². The number of ether oxygens (including phenoxy) is 1. The van der Waals surface area contributed by atoms with Crippen LogP contribution in [0.15, 0.2) is 24.3 Å². The van der Waals surface area contributed by atoms with E-state index in [4.69, 9.17) is 4.74 Å². The van der Waals surface area contributed by atoms with Gasteiger partial charge in [-0.1, -0.05) is 0 Å². The van der Waals surface area contributed by atoms with Crippen LogP contribution in [-0.4, -0.2) is 12.0 Å². The Hall–Kier alpha value is -1.58. The van der Waals surface area contributed by atoms with Crippen LogP contribution >= 0.6 is 0 Å². The minimum absolute atomic E-state index is 0.135. The average molecular weight is 167 g/mol. The smallest absolute Gasteiger partial charge is 0.228 e. The Labute approximate surface area is 69.9 Å². The van der Waals surface area contributed by atoms with Gasteiger partial charge >= 0.3 is 0 Å². The Bertz CT molecular complexity index is 268. The van der Waals surface area contributed by atoms with Crippen molar-refractivity contribution in [2.45, 2.75) is 6.54 Å². The largest absolute Gasteiger partial charge is 0.497 e. The molecule has 0 N–H and O–H groups in total. The molecule has 0 aliphatic carbocycles. The lowest BCUT2D eigenvalue weighted by atomic mass is 10.2. The summed E-state index contributed by atoms with van der Waals surface area (Å²) < 4.78 is 4.90. The van der Waals surface area contributed by atoms with Crippen LogP contribution in [0.25, 0.3) is 0 Å². The summed E-state index contributed by atoms with van der Waals surface area (Å²) in [5, 5.41) is 10.1. The second-order valence-electron chi connectivity index (χ2n) is 2.34. The van der Waals surface area contributed by atoms with Crippen LogP contribution in [0, 0.1) is 10.1 Å². The van der Waals surface area contributed by atoms with E-state index in [0.717, 1.165) is 0 Å². The summed E-state index contributed by atoms with van der Waals surface area (Å²) in [7, 11) is 1.56. The van der Waals surface area contributed by atoms with Gasteiger partial charge in [0.25, 0.3) is 0 Å². The molecule has 4 nitrogen and oxygen atoms in total. The molecule has 0 aliphatic rings. The number of methoxy groups -OCH3 is 1. The quantitative estimate of drug-likeness (QED) is 0.506. The minimum Gasteiger partial charge on any atom is -0.497 e. The first kappa shape index (κ1) is 8.52. The number of hydrogen-bond donors (Lipinski definition) is 0. The zero-order valence-electron chi connectivity index (χ0n) is 6.69. The van der Waals surface area contributed by atoms with E-state index in [1.54, 1.807) is 31.4 Å². The molecule has 0 aliphatic heterocycles. The molecule has 1 rings (SSSR count). The van der Waals surface area contributed by atoms with Crippen molar-refractivity contribution in [3.05, 3.63) is 39.9 Å². The zero-order valence-corrected chi connectivity index (χ0v) is 6.69. The topological polar surface area (TPSA) is 52.4 Å². The first-order chi connectivity index (χ1) is 5.72. The Kier molecular flexibility index (Phi) is 2.63. The van der Waals surface area contributed by atoms with Crippen LogP contribution in [0.4, 0.5) is 0 Å². The van der Waals surface area contributed by atoms with Gasteiger partial charge in [-0.2, -0.15) is 0 Å². The number of nitro groups is 1. The van der Waals surface area contributed by atoms with E-state index in [0.29, 0.717) is 11.3 Å². The summed E-state index contributed by atoms with van der Waals surface area (Å²) in [5.74, 6) is 0.710. The maximum absolute atomic E-state index is 10.1. The van der Waals surface area contributed by atoms with E-state index in [1.807, 2.05) is 0 Å². The van der Waals surface area contributed by atoms with Gasteiger partial charge < -0.3 is 4.74 Å². The molecule has 0 amide bonds. The predicted octanol–water partition coefficient (Wildman–Crippen LogP) is 1.47. The van der Waals surface area contributed by atoms with Gasteiger partial charge in [0.15, 0.2) is 0 Å². The summed E-state index contributed by atoms with van der Waals surface area (Å²) >= 11 is 0. The second-order valence-corrected chi connectivity index (χ2v) is 2.34. The van der Waals surface area contributed by atoms with Crippen molar-refractivity contribution < 1.29 is 9.66 Å². The first-order valence-electron chi connectivity index (χ1n) is 3.47. The fourth-order valence-corrected chi connectivity index (χ4v) is 0.880. The lowest BCUT2D eigenvalue weighted by molar-refractivity contribution is -0.496. The molecule has 1 aromatic carbocycles. The molecule has 0 fully saturated rings. The normalized spacial score (nSPS) is 9.42. The lowest BCUT2D eigenvalue weighted by Gasteiger charge is -1.98. The van der Waals surface area contributed by atoms with E-state index in [1.165, 1.54) is 0 Å². The fraction of sp³-hybridized carbons (Fsp3) is 0.250. The highest BCUT2D eigenvalue weighted by Crippen LogP contribution is 2.11. The second kappa shape index (κ2) is 3.71. The van der Waals surface area contributed by atoms with Gasteiger partial charge in [0.2, 0.25) is 6.54 Å². The molecule has 0 unspecified atom stereocenters. The Morgan fingerprint density at radius 1 is 1.42 bits per heavy atom. The highest BCUT2D eigenvalue weighted by atomic mass is 16.6. The summed E-state index contributed by atoms with van der Waals surface area (Å²) in [6.07, 6.45) is 0. The molecule has 0 saturated heterocycles. The zero-order chi connectivity index (χ0) is 8.97. The number of benzene rings is 1. The third-order valence-electron chi connectivity index (χ3n) is 1.47. The molecule has 4 heteroatoms. The summed E-state index contributed by atoms with van der Waals surface area (Å²) in [6, 6.07) is 6.78. The fourth-order valence-electron chi connectivity index (χ4n) is 0.880. The third-order valence-corrected chi connectivity index (χ3v) is 1.47. The van der Waals surface area contributed by atoms with E-state index in [9.17, 15) is 10.1 Å². The van der Waals surface area contributed by atoms with Gasteiger partial charge in [0, 0.05) is 10.5 Å². The maximum Gasteiger partial charge on any atom is 0.228 e. The van der Waals surface area contributed by atoms with Crippen LogP contribution in [0.3, 0.4) is 0 Å². The van der Waals surface area contributed by atoms with Crippen molar-refractivity contribution in [3.63, 3.8) is 0 Å². The van der Waals surface area contributed by atoms with Gasteiger partial charge in [-0.15, -0.1) is 0 Å². The third kappa shape index (κ3) is 2.23. The molecule has 64 valence electrons. The van der Waals surface area contributed by atoms with Gasteiger partial charge in [0.1, 0.15) is 5.75 Å². The molecule has 0 saturated carbocycles. The molecule has 0 atom stereocenters. The summed E-state index contributed by atoms with van der Waals surface area (Å²) in [5.41, 5.74) is 0.681. The molecule has 12 heavy (non-hydrogen) atoms. The Morgan fingerprint density at radius 2 is 2.00 bits per heavy atom. The van der Waals surface area contributed by atoms with E-state index in [2.05, 4.69) is 0 Å².